The predicted molar refractivity (Wildman–Crippen MR) is 162 cm³/mol. The minimum atomic E-state index is -0.846. The molecule has 0 N–H and O–H groups in total. The number of aromatic nitrogens is 2. The van der Waals surface area contributed by atoms with Gasteiger partial charge in [-0.05, 0) is 86.4 Å². The van der Waals surface area contributed by atoms with E-state index >= 15 is 4.39 Å². The number of benzene rings is 2. The number of rotatable bonds is 6. The topological polar surface area (TPSA) is 61.8 Å². The molecule has 4 saturated heterocycles. The van der Waals surface area contributed by atoms with Gasteiger partial charge in [0, 0.05) is 37.0 Å². The zero-order valence-electron chi connectivity index (χ0n) is 24.4. The number of carbonyl (C=O) groups is 1. The first-order valence-corrected chi connectivity index (χ1v) is 15.8. The number of amides is 1. The number of halogens is 2. The van der Waals surface area contributed by atoms with Crippen LogP contribution < -0.4 is 9.64 Å². The number of anilines is 1. The van der Waals surface area contributed by atoms with Crippen molar-refractivity contribution >= 4 is 22.6 Å². The summed E-state index contributed by atoms with van der Waals surface area (Å²) >= 11 is 0. The Kier molecular flexibility index (Phi) is 6.44. The molecule has 43 heavy (non-hydrogen) atoms. The van der Waals surface area contributed by atoms with Crippen molar-refractivity contribution in [1.82, 2.24) is 19.8 Å². The molecule has 5 heterocycles. The molecule has 0 bridgehead atoms. The molecule has 4 fully saturated rings. The number of nitrogens with zero attached hydrogens (tertiary/aromatic N) is 5. The van der Waals surface area contributed by atoms with Gasteiger partial charge in [0.05, 0.1) is 23.1 Å². The van der Waals surface area contributed by atoms with Crippen molar-refractivity contribution in [2.24, 2.45) is 0 Å². The molecule has 7 nitrogen and oxygen atoms in total. The van der Waals surface area contributed by atoms with Crippen LogP contribution in [0.2, 0.25) is 0 Å². The van der Waals surface area contributed by atoms with E-state index in [-0.39, 0.29) is 35.4 Å². The second kappa shape index (κ2) is 10.3. The van der Waals surface area contributed by atoms with E-state index in [0.29, 0.717) is 54.9 Å². The molecule has 3 aromatic rings. The average molecular weight is 586 g/mol. The van der Waals surface area contributed by atoms with Crippen LogP contribution in [-0.2, 0) is 17.6 Å². The van der Waals surface area contributed by atoms with Crippen LogP contribution in [-0.4, -0.2) is 82.3 Å². The zero-order valence-corrected chi connectivity index (χ0v) is 24.4. The maximum Gasteiger partial charge on any atom is 0.319 e. The van der Waals surface area contributed by atoms with E-state index < -0.39 is 6.17 Å². The fourth-order valence-electron chi connectivity index (χ4n) is 8.54. The molecule has 5 aliphatic rings. The standard InChI is InChI=1S/C34H37F2N5O2/c1-2-31(42)40-14-11-29-30(40)19-41(29)32-26-15-27(36)25(24-10-5-8-21-7-3-4-9-23(21)24)16-28(26)37-33(38-32)43-20-34-12-6-13-39(34)18-22(35)17-34/h2,5,8,10,15-16,22,29-30H,1,3-4,6-7,9,11-14,17-20H2/t22-,29?,30-,34+/m1/s1. The molecule has 1 amide bonds. The summed E-state index contributed by atoms with van der Waals surface area (Å²) in [5.74, 6) is 0.274. The lowest BCUT2D eigenvalue weighted by Crippen LogP contribution is -2.63. The largest absolute Gasteiger partial charge is 0.461 e. The van der Waals surface area contributed by atoms with Crippen LogP contribution in [0.1, 0.15) is 49.7 Å². The Morgan fingerprint density at radius 2 is 1.98 bits per heavy atom. The Bertz CT molecular complexity index is 1630. The fraction of sp³-hybridized carbons (Fsp3) is 0.500. The minimum Gasteiger partial charge on any atom is -0.461 e. The second-order valence-electron chi connectivity index (χ2n) is 13.0. The first-order chi connectivity index (χ1) is 20.9. The number of aryl methyl sites for hydroxylation is 1. The highest BCUT2D eigenvalue weighted by molar-refractivity contribution is 5.94. The average Bonchev–Trinajstić information content (AvgIpc) is 3.64. The van der Waals surface area contributed by atoms with Gasteiger partial charge in [0.15, 0.2) is 0 Å². The molecule has 1 aliphatic carbocycles. The van der Waals surface area contributed by atoms with Gasteiger partial charge >= 0.3 is 6.01 Å². The van der Waals surface area contributed by atoms with E-state index in [9.17, 15) is 9.18 Å². The minimum absolute atomic E-state index is 0.0614. The Morgan fingerprint density at radius 1 is 1.09 bits per heavy atom. The van der Waals surface area contributed by atoms with Crippen LogP contribution in [0.4, 0.5) is 14.6 Å². The summed E-state index contributed by atoms with van der Waals surface area (Å²) < 4.78 is 36.8. The number of alkyl halides is 1. The van der Waals surface area contributed by atoms with E-state index in [0.717, 1.165) is 57.1 Å². The molecule has 4 aliphatic heterocycles. The number of likely N-dealkylation sites (tertiary alicyclic amines) is 1. The Balaban J connectivity index is 1.19. The summed E-state index contributed by atoms with van der Waals surface area (Å²) in [5, 5.41) is 0.635. The summed E-state index contributed by atoms with van der Waals surface area (Å²) in [6, 6.07) is 10.0. The Morgan fingerprint density at radius 3 is 2.86 bits per heavy atom. The monoisotopic (exact) mass is 585 g/mol. The maximum atomic E-state index is 16.0. The van der Waals surface area contributed by atoms with E-state index in [1.54, 1.807) is 6.07 Å². The molecule has 0 radical (unpaired) electrons. The third kappa shape index (κ3) is 4.33. The van der Waals surface area contributed by atoms with Gasteiger partial charge < -0.3 is 14.5 Å². The SMILES string of the molecule is C=CC(=O)N1CCC2[C@H]1CN2c1nc(OC[C@@]23CCCN2C[C@H](F)C3)nc2cc(-c3cccc4c3CCCC4)c(F)cc12. The molecule has 224 valence electrons. The number of hydrogen-bond acceptors (Lipinski definition) is 6. The maximum absolute atomic E-state index is 16.0. The van der Waals surface area contributed by atoms with Crippen molar-refractivity contribution in [2.45, 2.75) is 75.2 Å². The molecule has 1 unspecified atom stereocenters. The first kappa shape index (κ1) is 27.0. The van der Waals surface area contributed by atoms with Gasteiger partial charge in [-0.1, -0.05) is 24.8 Å². The molecule has 2 aromatic carbocycles. The van der Waals surface area contributed by atoms with E-state index in [1.165, 1.54) is 17.2 Å². The van der Waals surface area contributed by atoms with E-state index in [1.807, 2.05) is 23.1 Å². The van der Waals surface area contributed by atoms with Crippen molar-refractivity contribution in [3.8, 4) is 17.1 Å². The van der Waals surface area contributed by atoms with Crippen LogP contribution in [0.3, 0.4) is 0 Å². The lowest BCUT2D eigenvalue weighted by Gasteiger charge is -2.47. The van der Waals surface area contributed by atoms with Gasteiger partial charge in [-0.3, -0.25) is 9.69 Å². The Hall–Kier alpha value is -3.59. The summed E-state index contributed by atoms with van der Waals surface area (Å²) in [6.07, 6.45) is 7.93. The molecule has 0 saturated carbocycles. The second-order valence-corrected chi connectivity index (χ2v) is 13.0. The van der Waals surface area contributed by atoms with Crippen LogP contribution in [0.15, 0.2) is 43.0 Å². The van der Waals surface area contributed by atoms with E-state index in [4.69, 9.17) is 14.7 Å². The summed E-state index contributed by atoms with van der Waals surface area (Å²) in [7, 11) is 0. The van der Waals surface area contributed by atoms with Gasteiger partial charge in [-0.25, -0.2) is 8.78 Å². The number of fused-ring (bicyclic) bond motifs is 4. The first-order valence-electron chi connectivity index (χ1n) is 15.8. The number of ether oxygens (including phenoxy) is 1. The van der Waals surface area contributed by atoms with Gasteiger partial charge in [0.1, 0.15) is 24.4 Å². The summed E-state index contributed by atoms with van der Waals surface area (Å²) in [4.78, 5) is 28.4. The number of carbonyl (C=O) groups excluding carboxylic acids is 1. The Labute approximate surface area is 250 Å². The van der Waals surface area contributed by atoms with Gasteiger partial charge in [-0.15, -0.1) is 0 Å². The molecule has 0 spiro atoms. The smallest absolute Gasteiger partial charge is 0.319 e. The number of hydrogen-bond donors (Lipinski definition) is 0. The molecular formula is C34H37F2N5O2. The molecule has 9 heteroatoms. The third-order valence-electron chi connectivity index (χ3n) is 10.7. The summed E-state index contributed by atoms with van der Waals surface area (Å²) in [5.41, 5.74) is 4.30. The van der Waals surface area contributed by atoms with Gasteiger partial charge in [-0.2, -0.15) is 9.97 Å². The van der Waals surface area contributed by atoms with Gasteiger partial charge in [0.2, 0.25) is 5.91 Å². The van der Waals surface area contributed by atoms with Crippen LogP contribution in [0.5, 0.6) is 6.01 Å². The van der Waals surface area contributed by atoms with Crippen molar-refractivity contribution in [3.63, 3.8) is 0 Å². The van der Waals surface area contributed by atoms with Gasteiger partial charge in [0.25, 0.3) is 0 Å². The molecule has 4 atom stereocenters. The zero-order chi connectivity index (χ0) is 29.3. The van der Waals surface area contributed by atoms with Crippen LogP contribution >= 0.6 is 0 Å². The van der Waals surface area contributed by atoms with Crippen molar-refractivity contribution in [2.75, 3.05) is 37.7 Å². The highest BCUT2D eigenvalue weighted by Gasteiger charge is 2.51. The lowest BCUT2D eigenvalue weighted by atomic mass is 9.85. The summed E-state index contributed by atoms with van der Waals surface area (Å²) in [6.45, 7) is 6.58. The van der Waals surface area contributed by atoms with Crippen molar-refractivity contribution in [3.05, 3.63) is 59.9 Å². The van der Waals surface area contributed by atoms with Crippen LogP contribution in [0, 0.1) is 5.82 Å². The molecular weight excluding hydrogens is 548 g/mol. The molecule has 1 aromatic heterocycles. The third-order valence-corrected chi connectivity index (χ3v) is 10.7. The lowest BCUT2D eigenvalue weighted by molar-refractivity contribution is -0.127. The highest BCUT2D eigenvalue weighted by atomic mass is 19.1. The fourth-order valence-corrected chi connectivity index (χ4v) is 8.54. The van der Waals surface area contributed by atoms with Crippen molar-refractivity contribution < 1.29 is 18.3 Å². The normalized spacial score (nSPS) is 28.0. The quantitative estimate of drug-likeness (QED) is 0.369. The van der Waals surface area contributed by atoms with E-state index in [2.05, 4.69) is 22.4 Å². The van der Waals surface area contributed by atoms with Crippen molar-refractivity contribution in [1.29, 1.82) is 0 Å². The predicted octanol–water partition coefficient (Wildman–Crippen LogP) is 5.25. The molecule has 8 rings (SSSR count). The van der Waals surface area contributed by atoms with Crippen LogP contribution in [0.25, 0.3) is 22.0 Å². The highest BCUT2D eigenvalue weighted by Crippen LogP contribution is 2.43.